The van der Waals surface area contributed by atoms with Gasteiger partial charge in [0.05, 0.1) is 18.9 Å². The van der Waals surface area contributed by atoms with Crippen molar-refractivity contribution >= 4 is 11.9 Å². The first-order chi connectivity index (χ1) is 10.0. The molecule has 1 saturated carbocycles. The van der Waals surface area contributed by atoms with Crippen molar-refractivity contribution in [3.05, 3.63) is 29.8 Å². The van der Waals surface area contributed by atoms with Gasteiger partial charge >= 0.3 is 5.97 Å². The van der Waals surface area contributed by atoms with E-state index in [0.29, 0.717) is 6.42 Å². The van der Waals surface area contributed by atoms with Crippen LogP contribution in [0, 0.1) is 11.8 Å². The maximum atomic E-state index is 11.8. The SMILES string of the molecule is COc1ccc(CC[C@H](C)NC(=O)[C@@H]2C[C@@H]2C(=O)O)cc1. The highest BCUT2D eigenvalue weighted by Crippen LogP contribution is 2.38. The van der Waals surface area contributed by atoms with Crippen molar-refractivity contribution in [3.63, 3.8) is 0 Å². The average molecular weight is 291 g/mol. The first kappa shape index (κ1) is 15.4. The highest BCUT2D eigenvalue weighted by Gasteiger charge is 2.48. The van der Waals surface area contributed by atoms with E-state index in [0.717, 1.165) is 18.6 Å². The van der Waals surface area contributed by atoms with E-state index in [2.05, 4.69) is 5.32 Å². The second kappa shape index (κ2) is 6.61. The minimum absolute atomic E-state index is 0.0367. The maximum absolute atomic E-state index is 11.8. The molecule has 1 aliphatic carbocycles. The van der Waals surface area contributed by atoms with Gasteiger partial charge in [0.2, 0.25) is 5.91 Å². The number of carboxylic acid groups (broad SMARTS) is 1. The Balaban J connectivity index is 1.73. The molecule has 5 heteroatoms. The zero-order valence-electron chi connectivity index (χ0n) is 12.3. The number of carboxylic acids is 1. The van der Waals surface area contributed by atoms with Gasteiger partial charge in [0.15, 0.2) is 0 Å². The van der Waals surface area contributed by atoms with Gasteiger partial charge in [-0.1, -0.05) is 12.1 Å². The summed E-state index contributed by atoms with van der Waals surface area (Å²) >= 11 is 0. The lowest BCUT2D eigenvalue weighted by molar-refractivity contribution is -0.140. The first-order valence-electron chi connectivity index (χ1n) is 7.17. The standard InChI is InChI=1S/C16H21NO4/c1-10(17-15(18)13-9-14(13)16(19)20)3-4-11-5-7-12(21-2)8-6-11/h5-8,10,13-14H,3-4,9H2,1-2H3,(H,17,18)(H,19,20)/t10-,13+,14-/m0/s1. The lowest BCUT2D eigenvalue weighted by atomic mass is 10.1. The molecule has 0 aromatic heterocycles. The number of carbonyl (C=O) groups is 2. The van der Waals surface area contributed by atoms with Crippen LogP contribution in [0.4, 0.5) is 0 Å². The van der Waals surface area contributed by atoms with Gasteiger partial charge < -0.3 is 15.2 Å². The number of methoxy groups -OCH3 is 1. The Morgan fingerprint density at radius 1 is 1.33 bits per heavy atom. The number of nitrogens with one attached hydrogen (secondary N) is 1. The van der Waals surface area contributed by atoms with Gasteiger partial charge in [-0.15, -0.1) is 0 Å². The quantitative estimate of drug-likeness (QED) is 0.804. The van der Waals surface area contributed by atoms with E-state index in [1.807, 2.05) is 31.2 Å². The Morgan fingerprint density at radius 3 is 2.52 bits per heavy atom. The summed E-state index contributed by atoms with van der Waals surface area (Å²) in [4.78, 5) is 22.6. The Hall–Kier alpha value is -2.04. The maximum Gasteiger partial charge on any atom is 0.307 e. The summed E-state index contributed by atoms with van der Waals surface area (Å²) in [6.45, 7) is 1.94. The van der Waals surface area contributed by atoms with Gasteiger partial charge in [-0.2, -0.15) is 0 Å². The van der Waals surface area contributed by atoms with E-state index in [1.54, 1.807) is 7.11 Å². The summed E-state index contributed by atoms with van der Waals surface area (Å²) in [5, 5.41) is 11.7. The third kappa shape index (κ3) is 4.21. The zero-order chi connectivity index (χ0) is 15.4. The average Bonchev–Trinajstić information content (AvgIpc) is 3.26. The third-order valence-corrected chi connectivity index (χ3v) is 3.86. The molecule has 2 N–H and O–H groups in total. The minimum Gasteiger partial charge on any atom is -0.497 e. The summed E-state index contributed by atoms with van der Waals surface area (Å²) in [5.41, 5.74) is 1.19. The lowest BCUT2D eigenvalue weighted by Gasteiger charge is -2.14. The van der Waals surface area contributed by atoms with Crippen molar-refractivity contribution in [1.29, 1.82) is 0 Å². The van der Waals surface area contributed by atoms with Crippen molar-refractivity contribution in [2.45, 2.75) is 32.2 Å². The zero-order valence-corrected chi connectivity index (χ0v) is 12.3. The van der Waals surface area contributed by atoms with Gasteiger partial charge in [0, 0.05) is 6.04 Å². The molecule has 0 saturated heterocycles. The van der Waals surface area contributed by atoms with Gasteiger partial charge in [-0.05, 0) is 43.9 Å². The molecule has 0 spiro atoms. The summed E-state index contributed by atoms with van der Waals surface area (Å²) in [6, 6.07) is 7.89. The van der Waals surface area contributed by atoms with Crippen LogP contribution in [0.5, 0.6) is 5.75 Å². The highest BCUT2D eigenvalue weighted by atomic mass is 16.5. The molecule has 21 heavy (non-hydrogen) atoms. The molecule has 1 aromatic carbocycles. The summed E-state index contributed by atoms with van der Waals surface area (Å²) < 4.78 is 5.11. The molecule has 3 atom stereocenters. The normalized spacial score (nSPS) is 21.4. The smallest absolute Gasteiger partial charge is 0.307 e. The molecule has 1 fully saturated rings. The molecule has 1 aromatic rings. The monoisotopic (exact) mass is 291 g/mol. The third-order valence-electron chi connectivity index (χ3n) is 3.86. The van der Waals surface area contributed by atoms with Crippen molar-refractivity contribution in [3.8, 4) is 5.75 Å². The Kier molecular flexibility index (Phi) is 4.83. The number of ether oxygens (including phenoxy) is 1. The van der Waals surface area contributed by atoms with Crippen molar-refractivity contribution in [2.24, 2.45) is 11.8 Å². The second-order valence-corrected chi connectivity index (χ2v) is 5.58. The number of hydrogen-bond donors (Lipinski definition) is 2. The Bertz CT molecular complexity index is 512. The van der Waals surface area contributed by atoms with Crippen LogP contribution in [0.1, 0.15) is 25.3 Å². The van der Waals surface area contributed by atoms with E-state index in [4.69, 9.17) is 9.84 Å². The van der Waals surface area contributed by atoms with Crippen LogP contribution in [0.25, 0.3) is 0 Å². The molecule has 1 aliphatic rings. The molecular weight excluding hydrogens is 270 g/mol. The number of carbonyl (C=O) groups excluding carboxylic acids is 1. The number of hydrogen-bond acceptors (Lipinski definition) is 3. The molecular formula is C16H21NO4. The molecule has 114 valence electrons. The fraction of sp³-hybridized carbons (Fsp3) is 0.500. The highest BCUT2D eigenvalue weighted by molar-refractivity contribution is 5.89. The molecule has 2 rings (SSSR count). The molecule has 0 heterocycles. The van der Waals surface area contributed by atoms with Crippen molar-refractivity contribution in [2.75, 3.05) is 7.11 Å². The number of rotatable bonds is 7. The fourth-order valence-corrected chi connectivity index (χ4v) is 2.36. The first-order valence-corrected chi connectivity index (χ1v) is 7.17. The number of aliphatic carboxylic acids is 1. The van der Waals surface area contributed by atoms with Crippen molar-refractivity contribution in [1.82, 2.24) is 5.32 Å². The number of benzene rings is 1. The van der Waals surface area contributed by atoms with Crippen LogP contribution in [0.2, 0.25) is 0 Å². The van der Waals surface area contributed by atoms with Crippen LogP contribution in [-0.4, -0.2) is 30.1 Å². The van der Waals surface area contributed by atoms with Crippen LogP contribution < -0.4 is 10.1 Å². The lowest BCUT2D eigenvalue weighted by Crippen LogP contribution is -2.34. The van der Waals surface area contributed by atoms with E-state index in [1.165, 1.54) is 5.56 Å². The van der Waals surface area contributed by atoms with E-state index in [-0.39, 0.29) is 17.9 Å². The van der Waals surface area contributed by atoms with Crippen LogP contribution in [-0.2, 0) is 16.0 Å². The summed E-state index contributed by atoms with van der Waals surface area (Å²) in [5.74, 6) is -1.01. The van der Waals surface area contributed by atoms with Gasteiger partial charge in [-0.3, -0.25) is 9.59 Å². The molecule has 0 radical (unpaired) electrons. The fourth-order valence-electron chi connectivity index (χ4n) is 2.36. The van der Waals surface area contributed by atoms with Gasteiger partial charge in [0.25, 0.3) is 0 Å². The van der Waals surface area contributed by atoms with E-state index >= 15 is 0 Å². The minimum atomic E-state index is -0.874. The Morgan fingerprint density at radius 2 is 2.00 bits per heavy atom. The summed E-state index contributed by atoms with van der Waals surface area (Å²) in [6.07, 6.45) is 2.15. The molecule has 1 amide bonds. The molecule has 0 aliphatic heterocycles. The van der Waals surface area contributed by atoms with E-state index < -0.39 is 11.9 Å². The van der Waals surface area contributed by atoms with Crippen LogP contribution >= 0.6 is 0 Å². The number of aryl methyl sites for hydroxylation is 1. The molecule has 0 bridgehead atoms. The van der Waals surface area contributed by atoms with Gasteiger partial charge in [0.1, 0.15) is 5.75 Å². The predicted octanol–water partition coefficient (Wildman–Crippen LogP) is 1.85. The Labute approximate surface area is 124 Å². The summed E-state index contributed by atoms with van der Waals surface area (Å²) in [7, 11) is 1.63. The van der Waals surface area contributed by atoms with Gasteiger partial charge in [-0.25, -0.2) is 0 Å². The molecule has 5 nitrogen and oxygen atoms in total. The largest absolute Gasteiger partial charge is 0.497 e. The number of amides is 1. The van der Waals surface area contributed by atoms with E-state index in [9.17, 15) is 9.59 Å². The second-order valence-electron chi connectivity index (χ2n) is 5.58. The molecule has 0 unspecified atom stereocenters. The topological polar surface area (TPSA) is 75.6 Å². The van der Waals surface area contributed by atoms with Crippen LogP contribution in [0.15, 0.2) is 24.3 Å². The predicted molar refractivity (Wildman–Crippen MR) is 78.2 cm³/mol. The van der Waals surface area contributed by atoms with Crippen molar-refractivity contribution < 1.29 is 19.4 Å². The van der Waals surface area contributed by atoms with Crippen LogP contribution in [0.3, 0.4) is 0 Å².